The summed E-state index contributed by atoms with van der Waals surface area (Å²) in [6.45, 7) is 8.09. The van der Waals surface area contributed by atoms with Crippen molar-refractivity contribution in [3.8, 4) is 0 Å². The average molecular weight is 308 g/mol. The summed E-state index contributed by atoms with van der Waals surface area (Å²) < 4.78 is 5.81. The van der Waals surface area contributed by atoms with Crippen LogP contribution >= 0.6 is 11.3 Å². The molecule has 2 aliphatic rings. The second-order valence-electron chi connectivity index (χ2n) is 6.25. The Morgan fingerprint density at radius 1 is 1.24 bits per heavy atom. The Bertz CT molecular complexity index is 459. The van der Waals surface area contributed by atoms with Crippen LogP contribution < -0.4 is 0 Å². The van der Waals surface area contributed by atoms with Crippen molar-refractivity contribution >= 4 is 17.2 Å². The standard InChI is InChI=1S/C16H24N2O2S/c1-12-9-18(10-13(2)20-12)15-3-6-17(7-4-15)16(19)14-5-8-21-11-14/h5,8,11-13,15H,3-4,6-7,9-10H2,1-2H3/t12-,13+. The molecule has 116 valence electrons. The molecule has 0 aromatic carbocycles. The number of nitrogens with zero attached hydrogens (tertiary/aromatic N) is 2. The second kappa shape index (κ2) is 6.46. The van der Waals surface area contributed by atoms with E-state index < -0.39 is 0 Å². The van der Waals surface area contributed by atoms with Gasteiger partial charge in [0.25, 0.3) is 5.91 Å². The molecular formula is C16H24N2O2S. The van der Waals surface area contributed by atoms with Gasteiger partial charge in [-0.25, -0.2) is 0 Å². The fourth-order valence-electron chi connectivity index (χ4n) is 3.52. The van der Waals surface area contributed by atoms with Crippen LogP contribution in [0.25, 0.3) is 0 Å². The first-order chi connectivity index (χ1) is 10.1. The van der Waals surface area contributed by atoms with E-state index in [0.29, 0.717) is 18.2 Å². The quantitative estimate of drug-likeness (QED) is 0.841. The Kier molecular flexibility index (Phi) is 4.62. The van der Waals surface area contributed by atoms with Crippen LogP contribution in [-0.2, 0) is 4.74 Å². The van der Waals surface area contributed by atoms with Crippen molar-refractivity contribution in [1.82, 2.24) is 9.80 Å². The molecule has 3 heterocycles. The van der Waals surface area contributed by atoms with Crippen LogP contribution in [0.2, 0.25) is 0 Å². The minimum Gasteiger partial charge on any atom is -0.373 e. The minimum atomic E-state index is 0.193. The Morgan fingerprint density at radius 2 is 1.90 bits per heavy atom. The lowest BCUT2D eigenvalue weighted by molar-refractivity contribution is -0.0856. The van der Waals surface area contributed by atoms with Gasteiger partial charge in [0, 0.05) is 37.6 Å². The molecule has 2 atom stereocenters. The molecule has 3 rings (SSSR count). The summed E-state index contributed by atoms with van der Waals surface area (Å²) >= 11 is 1.59. The first-order valence-corrected chi connectivity index (χ1v) is 8.78. The van der Waals surface area contributed by atoms with E-state index in [-0.39, 0.29) is 5.91 Å². The molecule has 1 aromatic rings. The Balaban J connectivity index is 1.54. The van der Waals surface area contributed by atoms with Crippen LogP contribution in [0.15, 0.2) is 16.8 Å². The molecule has 5 heteroatoms. The van der Waals surface area contributed by atoms with Crippen LogP contribution in [0.1, 0.15) is 37.0 Å². The van der Waals surface area contributed by atoms with Crippen molar-refractivity contribution in [2.45, 2.75) is 44.9 Å². The average Bonchev–Trinajstić information content (AvgIpc) is 3.00. The van der Waals surface area contributed by atoms with Gasteiger partial charge in [-0.15, -0.1) is 0 Å². The highest BCUT2D eigenvalue weighted by molar-refractivity contribution is 7.08. The maximum absolute atomic E-state index is 12.3. The van der Waals surface area contributed by atoms with Crippen LogP contribution in [0, 0.1) is 0 Å². The van der Waals surface area contributed by atoms with Crippen molar-refractivity contribution in [3.05, 3.63) is 22.4 Å². The zero-order chi connectivity index (χ0) is 14.8. The van der Waals surface area contributed by atoms with Crippen molar-refractivity contribution in [2.24, 2.45) is 0 Å². The molecule has 2 fully saturated rings. The molecule has 0 unspecified atom stereocenters. The van der Waals surface area contributed by atoms with E-state index in [9.17, 15) is 4.79 Å². The molecule has 21 heavy (non-hydrogen) atoms. The smallest absolute Gasteiger partial charge is 0.254 e. The fraction of sp³-hybridized carbons (Fsp3) is 0.688. The molecular weight excluding hydrogens is 284 g/mol. The highest BCUT2D eigenvalue weighted by Gasteiger charge is 2.31. The predicted octanol–water partition coefficient (Wildman–Crippen LogP) is 2.46. The number of morpholine rings is 1. The number of likely N-dealkylation sites (tertiary alicyclic amines) is 1. The topological polar surface area (TPSA) is 32.8 Å². The highest BCUT2D eigenvalue weighted by atomic mass is 32.1. The van der Waals surface area contributed by atoms with Crippen LogP contribution in [0.3, 0.4) is 0 Å². The molecule has 0 radical (unpaired) electrons. The first-order valence-electron chi connectivity index (χ1n) is 7.84. The van der Waals surface area contributed by atoms with Gasteiger partial charge < -0.3 is 9.64 Å². The van der Waals surface area contributed by atoms with E-state index in [0.717, 1.165) is 44.6 Å². The van der Waals surface area contributed by atoms with Crippen molar-refractivity contribution in [2.75, 3.05) is 26.2 Å². The lowest BCUT2D eigenvalue weighted by Crippen LogP contribution is -2.53. The Morgan fingerprint density at radius 3 is 2.48 bits per heavy atom. The number of hydrogen-bond acceptors (Lipinski definition) is 4. The maximum atomic E-state index is 12.3. The zero-order valence-corrected chi connectivity index (χ0v) is 13.6. The number of amides is 1. The normalized spacial score (nSPS) is 28.8. The number of rotatable bonds is 2. The number of carbonyl (C=O) groups excluding carboxylic acids is 1. The van der Waals surface area contributed by atoms with E-state index in [1.54, 1.807) is 11.3 Å². The summed E-state index contributed by atoms with van der Waals surface area (Å²) in [6.07, 6.45) is 2.79. The molecule has 4 nitrogen and oxygen atoms in total. The van der Waals surface area contributed by atoms with Gasteiger partial charge in [0.05, 0.1) is 17.8 Å². The summed E-state index contributed by atoms with van der Waals surface area (Å²) in [5.41, 5.74) is 0.840. The van der Waals surface area contributed by atoms with E-state index >= 15 is 0 Å². The minimum absolute atomic E-state index is 0.193. The van der Waals surface area contributed by atoms with E-state index in [2.05, 4.69) is 18.7 Å². The molecule has 1 aromatic heterocycles. The second-order valence-corrected chi connectivity index (χ2v) is 7.03. The molecule has 2 aliphatic heterocycles. The fourth-order valence-corrected chi connectivity index (χ4v) is 4.15. The van der Waals surface area contributed by atoms with Crippen LogP contribution in [0.4, 0.5) is 0 Å². The van der Waals surface area contributed by atoms with Crippen LogP contribution in [0.5, 0.6) is 0 Å². The summed E-state index contributed by atoms with van der Waals surface area (Å²) in [6, 6.07) is 2.52. The summed E-state index contributed by atoms with van der Waals surface area (Å²) in [4.78, 5) is 16.9. The Hall–Kier alpha value is -0.910. The van der Waals surface area contributed by atoms with Gasteiger partial charge in [-0.1, -0.05) is 0 Å². The largest absolute Gasteiger partial charge is 0.373 e. The number of thiophene rings is 1. The van der Waals surface area contributed by atoms with Gasteiger partial charge in [-0.2, -0.15) is 11.3 Å². The predicted molar refractivity (Wildman–Crippen MR) is 84.8 cm³/mol. The molecule has 0 N–H and O–H groups in total. The highest BCUT2D eigenvalue weighted by Crippen LogP contribution is 2.22. The number of piperidine rings is 1. The maximum Gasteiger partial charge on any atom is 0.254 e. The van der Waals surface area contributed by atoms with Gasteiger partial charge in [0.1, 0.15) is 0 Å². The lowest BCUT2D eigenvalue weighted by atomic mass is 10.0. The van der Waals surface area contributed by atoms with E-state index in [1.165, 1.54) is 0 Å². The van der Waals surface area contributed by atoms with Gasteiger partial charge in [0.15, 0.2) is 0 Å². The first kappa shape index (κ1) is 15.0. The van der Waals surface area contributed by atoms with Gasteiger partial charge in [0.2, 0.25) is 0 Å². The summed E-state index contributed by atoms with van der Waals surface area (Å²) in [5, 5.41) is 3.91. The molecule has 0 spiro atoms. The van der Waals surface area contributed by atoms with Crippen molar-refractivity contribution in [1.29, 1.82) is 0 Å². The molecule has 2 saturated heterocycles. The van der Waals surface area contributed by atoms with E-state index in [4.69, 9.17) is 4.74 Å². The van der Waals surface area contributed by atoms with Crippen molar-refractivity contribution in [3.63, 3.8) is 0 Å². The van der Waals surface area contributed by atoms with Gasteiger partial charge in [-0.3, -0.25) is 9.69 Å². The third kappa shape index (κ3) is 3.47. The molecule has 0 aliphatic carbocycles. The summed E-state index contributed by atoms with van der Waals surface area (Å²) in [7, 11) is 0. The number of carbonyl (C=O) groups is 1. The molecule has 0 saturated carbocycles. The third-order valence-corrected chi connectivity index (χ3v) is 5.17. The molecule has 0 bridgehead atoms. The summed E-state index contributed by atoms with van der Waals surface area (Å²) in [5.74, 6) is 0.193. The lowest BCUT2D eigenvalue weighted by Gasteiger charge is -2.43. The van der Waals surface area contributed by atoms with Gasteiger partial charge in [-0.05, 0) is 38.1 Å². The third-order valence-electron chi connectivity index (χ3n) is 4.48. The SMILES string of the molecule is C[C@@H]1CN(C2CCN(C(=O)c3ccsc3)CC2)C[C@H](C)O1. The Labute approximate surface area is 130 Å². The number of hydrogen-bond donors (Lipinski definition) is 0. The van der Waals surface area contributed by atoms with Crippen molar-refractivity contribution < 1.29 is 9.53 Å². The number of ether oxygens (including phenoxy) is 1. The van der Waals surface area contributed by atoms with Gasteiger partial charge >= 0.3 is 0 Å². The monoisotopic (exact) mass is 308 g/mol. The van der Waals surface area contributed by atoms with E-state index in [1.807, 2.05) is 21.7 Å². The van der Waals surface area contributed by atoms with Crippen LogP contribution in [-0.4, -0.2) is 60.1 Å². The molecule has 1 amide bonds. The zero-order valence-electron chi connectivity index (χ0n) is 12.8.